The summed E-state index contributed by atoms with van der Waals surface area (Å²) in [7, 11) is 3.11. The zero-order chi connectivity index (χ0) is 21.8. The van der Waals surface area contributed by atoms with Gasteiger partial charge in [0.1, 0.15) is 0 Å². The van der Waals surface area contributed by atoms with Crippen molar-refractivity contribution in [3.8, 4) is 11.5 Å². The van der Waals surface area contributed by atoms with E-state index in [0.29, 0.717) is 43.7 Å². The quantitative estimate of drug-likeness (QED) is 0.487. The van der Waals surface area contributed by atoms with Crippen LogP contribution >= 0.6 is 27.7 Å². The number of aliphatic imine (C=N–C) groups is 1. The Balaban J connectivity index is 1.86. The van der Waals surface area contributed by atoms with Gasteiger partial charge in [-0.15, -0.1) is 0 Å². The number of rotatable bonds is 5. The molecule has 1 saturated heterocycles. The summed E-state index contributed by atoms with van der Waals surface area (Å²) in [6.45, 7) is 2.06. The van der Waals surface area contributed by atoms with Crippen LogP contribution in [0.2, 0.25) is 0 Å². The molecule has 1 N–H and O–H groups in total. The van der Waals surface area contributed by atoms with Gasteiger partial charge in [-0.1, -0.05) is 15.9 Å². The van der Waals surface area contributed by atoms with Crippen molar-refractivity contribution < 1.29 is 24.2 Å². The maximum absolute atomic E-state index is 12.7. The fourth-order valence-electron chi connectivity index (χ4n) is 2.62. The summed E-state index contributed by atoms with van der Waals surface area (Å²) in [4.78, 5) is 30.9. The molecule has 3 rings (SSSR count). The van der Waals surface area contributed by atoms with Crippen molar-refractivity contribution in [2.24, 2.45) is 4.99 Å². The first-order chi connectivity index (χ1) is 14.3. The van der Waals surface area contributed by atoms with Gasteiger partial charge >= 0.3 is 5.97 Å². The molecule has 1 heterocycles. The highest BCUT2D eigenvalue weighted by atomic mass is 79.9. The normalized spacial score (nSPS) is 16.4. The second-order valence-electron chi connectivity index (χ2n) is 6.18. The molecule has 2 aromatic carbocycles. The van der Waals surface area contributed by atoms with Gasteiger partial charge in [0.05, 0.1) is 29.9 Å². The van der Waals surface area contributed by atoms with Crippen molar-refractivity contribution >= 4 is 56.5 Å². The molecular formula is C21H19BrN2O5S. The highest BCUT2D eigenvalue weighted by Gasteiger charge is 2.30. The Kier molecular flexibility index (Phi) is 6.84. The number of carbonyl (C=O) groups is 2. The van der Waals surface area contributed by atoms with Gasteiger partial charge in [0.2, 0.25) is 0 Å². The van der Waals surface area contributed by atoms with E-state index in [4.69, 9.17) is 9.47 Å². The maximum Gasteiger partial charge on any atom is 0.338 e. The number of halogens is 1. The lowest BCUT2D eigenvalue weighted by Crippen LogP contribution is -2.23. The van der Waals surface area contributed by atoms with E-state index in [1.807, 2.05) is 0 Å². The smallest absolute Gasteiger partial charge is 0.338 e. The van der Waals surface area contributed by atoms with Crippen LogP contribution in [-0.2, 0) is 9.53 Å². The van der Waals surface area contributed by atoms with Crippen LogP contribution in [-0.4, -0.2) is 47.8 Å². The minimum Gasteiger partial charge on any atom is -0.504 e. The third kappa shape index (κ3) is 4.68. The number of amides is 1. The van der Waals surface area contributed by atoms with Gasteiger partial charge < -0.3 is 14.6 Å². The van der Waals surface area contributed by atoms with Gasteiger partial charge in [-0.25, -0.2) is 9.79 Å². The average Bonchev–Trinajstić information content (AvgIpc) is 2.98. The van der Waals surface area contributed by atoms with Gasteiger partial charge in [0, 0.05) is 11.5 Å². The maximum atomic E-state index is 12.7. The first-order valence-electron chi connectivity index (χ1n) is 8.94. The van der Waals surface area contributed by atoms with Crippen molar-refractivity contribution in [1.82, 2.24) is 4.90 Å². The average molecular weight is 491 g/mol. The highest BCUT2D eigenvalue weighted by molar-refractivity contribution is 9.10. The fraction of sp³-hybridized carbons (Fsp3) is 0.190. The van der Waals surface area contributed by atoms with Crippen LogP contribution in [0.3, 0.4) is 0 Å². The topological polar surface area (TPSA) is 88.4 Å². The van der Waals surface area contributed by atoms with Crippen molar-refractivity contribution in [2.75, 3.05) is 20.8 Å². The number of likely N-dealkylation sites (N-methyl/N-ethyl adjacent to an activating group) is 1. The lowest BCUT2D eigenvalue weighted by Gasteiger charge is -2.08. The van der Waals surface area contributed by atoms with E-state index in [1.165, 1.54) is 29.8 Å². The van der Waals surface area contributed by atoms with Gasteiger partial charge in [-0.3, -0.25) is 9.69 Å². The van der Waals surface area contributed by atoms with Crippen molar-refractivity contribution in [2.45, 2.75) is 6.92 Å². The number of phenolic OH excluding ortho intramolecular Hbond substituents is 1. The molecule has 156 valence electrons. The molecule has 9 heteroatoms. The molecule has 0 saturated carbocycles. The molecule has 0 atom stereocenters. The summed E-state index contributed by atoms with van der Waals surface area (Å²) in [6.07, 6.45) is 1.71. The summed E-state index contributed by atoms with van der Waals surface area (Å²) in [6, 6.07) is 9.82. The van der Waals surface area contributed by atoms with Crippen molar-refractivity contribution in [3.63, 3.8) is 0 Å². The molecule has 0 aliphatic carbocycles. The lowest BCUT2D eigenvalue weighted by molar-refractivity contribution is -0.121. The van der Waals surface area contributed by atoms with Crippen LogP contribution in [0.1, 0.15) is 22.8 Å². The van der Waals surface area contributed by atoms with Crippen LogP contribution in [0.25, 0.3) is 6.08 Å². The number of esters is 1. The van der Waals surface area contributed by atoms with Gasteiger partial charge in [-0.2, -0.15) is 0 Å². The van der Waals surface area contributed by atoms with Crippen molar-refractivity contribution in [1.29, 1.82) is 0 Å². The zero-order valence-corrected chi connectivity index (χ0v) is 18.9. The highest BCUT2D eigenvalue weighted by Crippen LogP contribution is 2.37. The number of amidine groups is 1. The molecule has 1 aliphatic heterocycles. The monoisotopic (exact) mass is 490 g/mol. The molecule has 7 nitrogen and oxygen atoms in total. The minimum atomic E-state index is -0.389. The van der Waals surface area contributed by atoms with Crippen molar-refractivity contribution in [3.05, 3.63) is 56.9 Å². The predicted octanol–water partition coefficient (Wildman–Crippen LogP) is 4.57. The standard InChI is InChI=1S/C21H19BrN2O5S/c1-4-29-20(27)12-5-7-14(8-6-12)23-21-24(2)19(26)18(30-21)10-13-9-17(28-3)16(25)11-15(13)22/h5-11,25H,4H2,1-3H3. The minimum absolute atomic E-state index is 0.00237. The van der Waals surface area contributed by atoms with Gasteiger partial charge in [0.25, 0.3) is 5.91 Å². The van der Waals surface area contributed by atoms with Crippen LogP contribution in [0.5, 0.6) is 11.5 Å². The molecule has 30 heavy (non-hydrogen) atoms. The number of hydrogen-bond acceptors (Lipinski definition) is 7. The van der Waals surface area contributed by atoms with E-state index in [9.17, 15) is 14.7 Å². The third-order valence-electron chi connectivity index (χ3n) is 4.19. The molecule has 0 aromatic heterocycles. The SMILES string of the molecule is CCOC(=O)c1ccc(N=C2SC(=Cc3cc(OC)c(O)cc3Br)C(=O)N2C)cc1. The number of thioether (sulfide) groups is 1. The number of nitrogens with zero attached hydrogens (tertiary/aromatic N) is 2. The van der Waals surface area contributed by atoms with E-state index in [1.54, 1.807) is 50.4 Å². The molecule has 0 unspecified atom stereocenters. The number of benzene rings is 2. The number of ether oxygens (including phenoxy) is 2. The zero-order valence-electron chi connectivity index (χ0n) is 16.5. The Morgan fingerprint density at radius 1 is 1.30 bits per heavy atom. The second-order valence-corrected chi connectivity index (χ2v) is 8.05. The van der Waals surface area contributed by atoms with E-state index < -0.39 is 0 Å². The molecule has 0 bridgehead atoms. The summed E-state index contributed by atoms with van der Waals surface area (Å²) in [5, 5.41) is 10.4. The van der Waals surface area contributed by atoms with E-state index in [2.05, 4.69) is 20.9 Å². The summed E-state index contributed by atoms with van der Waals surface area (Å²) in [5.74, 6) is -0.271. The van der Waals surface area contributed by atoms with Crippen LogP contribution in [0, 0.1) is 0 Å². The van der Waals surface area contributed by atoms with Gasteiger partial charge in [-0.05, 0) is 66.7 Å². The number of hydrogen-bond donors (Lipinski definition) is 1. The number of phenols is 1. The number of methoxy groups -OCH3 is 1. The molecule has 1 amide bonds. The molecule has 2 aromatic rings. The Morgan fingerprint density at radius 3 is 2.63 bits per heavy atom. The first-order valence-corrected chi connectivity index (χ1v) is 10.5. The number of aromatic hydroxyl groups is 1. The Hall–Kier alpha value is -2.78. The van der Waals surface area contributed by atoms with Crippen LogP contribution in [0.4, 0.5) is 5.69 Å². The predicted molar refractivity (Wildman–Crippen MR) is 120 cm³/mol. The lowest BCUT2D eigenvalue weighted by atomic mass is 10.2. The molecule has 1 aliphatic rings. The molecule has 0 spiro atoms. The van der Waals surface area contributed by atoms with Gasteiger partial charge in [0.15, 0.2) is 16.7 Å². The summed E-state index contributed by atoms with van der Waals surface area (Å²) in [5.41, 5.74) is 1.74. The van der Waals surface area contributed by atoms with Crippen LogP contribution in [0.15, 0.2) is 50.8 Å². The van der Waals surface area contributed by atoms with E-state index >= 15 is 0 Å². The molecule has 1 fully saturated rings. The van der Waals surface area contributed by atoms with E-state index in [-0.39, 0.29) is 17.6 Å². The van der Waals surface area contributed by atoms with Crippen LogP contribution < -0.4 is 4.74 Å². The number of carbonyl (C=O) groups excluding carboxylic acids is 2. The summed E-state index contributed by atoms with van der Waals surface area (Å²) < 4.78 is 10.7. The Morgan fingerprint density at radius 2 is 2.00 bits per heavy atom. The Bertz CT molecular complexity index is 1050. The first kappa shape index (κ1) is 21.9. The fourth-order valence-corrected chi connectivity index (χ4v) is 4.05. The molecule has 0 radical (unpaired) electrons. The molecular weight excluding hydrogens is 472 g/mol. The largest absolute Gasteiger partial charge is 0.504 e. The van der Waals surface area contributed by atoms with E-state index in [0.717, 1.165) is 0 Å². The second kappa shape index (κ2) is 9.36. The third-order valence-corrected chi connectivity index (χ3v) is 5.94. The Labute approximate surface area is 186 Å². The summed E-state index contributed by atoms with van der Waals surface area (Å²) >= 11 is 4.62.